The number of anilines is 2. The van der Waals surface area contributed by atoms with Crippen molar-refractivity contribution < 1.29 is 4.63 Å². The highest BCUT2D eigenvalue weighted by Crippen LogP contribution is 2.35. The molecule has 7 nitrogen and oxygen atoms in total. The Balaban J connectivity index is 2.18. The summed E-state index contributed by atoms with van der Waals surface area (Å²) >= 11 is 0. The van der Waals surface area contributed by atoms with Crippen LogP contribution in [0.15, 0.2) is 52.3 Å². The fourth-order valence-corrected chi connectivity index (χ4v) is 2.53. The van der Waals surface area contributed by atoms with Crippen LogP contribution in [0.3, 0.4) is 0 Å². The largest absolute Gasteiger partial charge is 0.379 e. The maximum absolute atomic E-state index is 5.79. The minimum absolute atomic E-state index is 0.217. The number of hydrogen-bond donors (Lipinski definition) is 1. The van der Waals surface area contributed by atoms with Crippen LogP contribution in [-0.4, -0.2) is 35.1 Å². The zero-order valence-electron chi connectivity index (χ0n) is 14.5. The zero-order chi connectivity index (χ0) is 17.8. The van der Waals surface area contributed by atoms with Crippen molar-refractivity contribution in [3.63, 3.8) is 0 Å². The number of nitrogen functional groups attached to an aromatic ring is 1. The highest BCUT2D eigenvalue weighted by molar-refractivity contribution is 6.03. The van der Waals surface area contributed by atoms with Gasteiger partial charge in [0.25, 0.3) is 0 Å². The van der Waals surface area contributed by atoms with E-state index in [1.165, 1.54) is 0 Å². The Morgan fingerprint density at radius 1 is 1.28 bits per heavy atom. The molecule has 0 saturated heterocycles. The summed E-state index contributed by atoms with van der Waals surface area (Å²) in [7, 11) is 3.94. The van der Waals surface area contributed by atoms with Crippen LogP contribution in [0.1, 0.15) is 24.7 Å². The molecule has 0 amide bonds. The molecule has 0 fully saturated rings. The molecular weight excluding hydrogens is 316 g/mol. The van der Waals surface area contributed by atoms with Gasteiger partial charge in [-0.2, -0.15) is 0 Å². The van der Waals surface area contributed by atoms with Crippen LogP contribution < -0.4 is 10.6 Å². The van der Waals surface area contributed by atoms with Crippen LogP contribution in [0.5, 0.6) is 0 Å². The molecule has 0 unspecified atom stereocenters. The molecule has 128 valence electrons. The molecule has 2 N–H and O–H groups in total. The molecule has 2 heterocycles. The van der Waals surface area contributed by atoms with Gasteiger partial charge in [0, 0.05) is 25.9 Å². The molecular formula is C18H20N6O. The average molecular weight is 336 g/mol. The zero-order valence-corrected chi connectivity index (χ0v) is 14.5. The SMILES string of the molecule is CC(=Nc1c(N(C)C)ccnc1C1=CC=CCC=C1)c1nonc1N. The molecule has 0 saturated carbocycles. The number of pyridine rings is 1. The predicted molar refractivity (Wildman–Crippen MR) is 100 cm³/mol. The quantitative estimate of drug-likeness (QED) is 0.862. The van der Waals surface area contributed by atoms with Crippen LogP contribution >= 0.6 is 0 Å². The molecule has 1 aliphatic carbocycles. The van der Waals surface area contributed by atoms with Crippen molar-refractivity contribution in [2.24, 2.45) is 4.99 Å². The number of aliphatic imine (C=N–C) groups is 1. The Bertz CT molecular complexity index is 889. The normalized spacial score (nSPS) is 14.4. The number of nitrogens with zero attached hydrogens (tertiary/aromatic N) is 5. The van der Waals surface area contributed by atoms with Gasteiger partial charge in [0.1, 0.15) is 5.69 Å². The van der Waals surface area contributed by atoms with E-state index < -0.39 is 0 Å². The van der Waals surface area contributed by atoms with E-state index >= 15 is 0 Å². The first-order chi connectivity index (χ1) is 12.1. The van der Waals surface area contributed by atoms with Gasteiger partial charge in [0.15, 0.2) is 11.5 Å². The second-order valence-corrected chi connectivity index (χ2v) is 5.81. The summed E-state index contributed by atoms with van der Waals surface area (Å²) in [4.78, 5) is 11.3. The number of rotatable bonds is 4. The van der Waals surface area contributed by atoms with Crippen molar-refractivity contribution in [2.75, 3.05) is 24.7 Å². The fraction of sp³-hybridized carbons (Fsp3) is 0.222. The molecule has 1 aliphatic rings. The molecule has 25 heavy (non-hydrogen) atoms. The van der Waals surface area contributed by atoms with Crippen molar-refractivity contribution in [2.45, 2.75) is 13.3 Å². The van der Waals surface area contributed by atoms with Crippen molar-refractivity contribution >= 4 is 28.5 Å². The summed E-state index contributed by atoms with van der Waals surface area (Å²) in [5.41, 5.74) is 10.3. The van der Waals surface area contributed by atoms with E-state index in [4.69, 9.17) is 10.7 Å². The minimum atomic E-state index is 0.217. The standard InChI is InChI=1S/C18H20N6O/c1-12(15-18(19)23-25-22-15)21-17-14(24(2)3)10-11-20-16(17)13-8-6-4-5-7-9-13/h4,6-11H,5H2,1-3H3,(H2,19,23). The fourth-order valence-electron chi connectivity index (χ4n) is 2.53. The summed E-state index contributed by atoms with van der Waals surface area (Å²) in [5.74, 6) is 0.217. The minimum Gasteiger partial charge on any atom is -0.379 e. The number of nitrogens with two attached hydrogens (primary N) is 1. The van der Waals surface area contributed by atoms with Gasteiger partial charge in [-0.3, -0.25) is 4.98 Å². The lowest BCUT2D eigenvalue weighted by Crippen LogP contribution is -2.10. The van der Waals surface area contributed by atoms with Gasteiger partial charge in [0.2, 0.25) is 0 Å². The molecule has 0 aliphatic heterocycles. The first kappa shape index (κ1) is 16.6. The lowest BCUT2D eigenvalue weighted by Gasteiger charge is -2.18. The van der Waals surface area contributed by atoms with Gasteiger partial charge in [-0.1, -0.05) is 30.4 Å². The summed E-state index contributed by atoms with van der Waals surface area (Å²) < 4.78 is 4.68. The highest BCUT2D eigenvalue weighted by Gasteiger charge is 2.16. The summed E-state index contributed by atoms with van der Waals surface area (Å²) in [5, 5.41) is 7.44. The Hall–Kier alpha value is -3.22. The van der Waals surface area contributed by atoms with E-state index in [-0.39, 0.29) is 5.82 Å². The third kappa shape index (κ3) is 3.50. The van der Waals surface area contributed by atoms with Crippen LogP contribution in [-0.2, 0) is 0 Å². The first-order valence-electron chi connectivity index (χ1n) is 7.91. The molecule has 0 radical (unpaired) electrons. The highest BCUT2D eigenvalue weighted by atomic mass is 16.6. The van der Waals surface area contributed by atoms with E-state index in [0.29, 0.717) is 11.4 Å². The smallest absolute Gasteiger partial charge is 0.197 e. The van der Waals surface area contributed by atoms with Gasteiger partial charge in [-0.15, -0.1) is 0 Å². The van der Waals surface area contributed by atoms with Gasteiger partial charge < -0.3 is 10.6 Å². The van der Waals surface area contributed by atoms with E-state index in [2.05, 4.69) is 38.2 Å². The maximum Gasteiger partial charge on any atom is 0.197 e. The molecule has 0 aromatic carbocycles. The molecule has 0 bridgehead atoms. The Morgan fingerprint density at radius 3 is 2.84 bits per heavy atom. The predicted octanol–water partition coefficient (Wildman–Crippen LogP) is 3.15. The van der Waals surface area contributed by atoms with E-state index in [0.717, 1.165) is 29.1 Å². The second kappa shape index (κ2) is 7.12. The molecule has 0 atom stereocenters. The van der Waals surface area contributed by atoms with Crippen molar-refractivity contribution in [3.8, 4) is 0 Å². The summed E-state index contributed by atoms with van der Waals surface area (Å²) in [6, 6.07) is 1.93. The van der Waals surface area contributed by atoms with Gasteiger partial charge in [-0.05, 0) is 29.7 Å². The van der Waals surface area contributed by atoms with Gasteiger partial charge in [0.05, 0.1) is 17.1 Å². The Kier molecular flexibility index (Phi) is 4.74. The molecule has 0 spiro atoms. The number of aromatic nitrogens is 3. The molecule has 2 aromatic heterocycles. The van der Waals surface area contributed by atoms with Crippen molar-refractivity contribution in [3.05, 3.63) is 54.0 Å². The average Bonchev–Trinajstić information content (AvgIpc) is 2.85. The third-order valence-electron chi connectivity index (χ3n) is 3.78. The topological polar surface area (TPSA) is 93.4 Å². The van der Waals surface area contributed by atoms with Crippen LogP contribution in [0.25, 0.3) is 5.57 Å². The Morgan fingerprint density at radius 2 is 2.12 bits per heavy atom. The molecule has 7 heteroatoms. The molecule has 3 rings (SSSR count). The van der Waals surface area contributed by atoms with Crippen molar-refractivity contribution in [1.29, 1.82) is 0 Å². The van der Waals surface area contributed by atoms with E-state index in [1.54, 1.807) is 6.20 Å². The monoisotopic (exact) mass is 336 g/mol. The van der Waals surface area contributed by atoms with E-state index in [1.807, 2.05) is 44.1 Å². The number of allylic oxidation sites excluding steroid dienone is 6. The van der Waals surface area contributed by atoms with Gasteiger partial charge >= 0.3 is 0 Å². The van der Waals surface area contributed by atoms with Crippen LogP contribution in [0, 0.1) is 0 Å². The van der Waals surface area contributed by atoms with Gasteiger partial charge in [-0.25, -0.2) is 9.62 Å². The van der Waals surface area contributed by atoms with E-state index in [9.17, 15) is 0 Å². The third-order valence-corrected chi connectivity index (χ3v) is 3.78. The van der Waals surface area contributed by atoms with Crippen LogP contribution in [0.2, 0.25) is 0 Å². The molecule has 2 aromatic rings. The summed E-state index contributed by atoms with van der Waals surface area (Å²) in [6.45, 7) is 1.82. The first-order valence-corrected chi connectivity index (χ1v) is 7.91. The number of hydrogen-bond acceptors (Lipinski definition) is 7. The summed E-state index contributed by atoms with van der Waals surface area (Å²) in [6.07, 6.45) is 13.0. The second-order valence-electron chi connectivity index (χ2n) is 5.81. The van der Waals surface area contributed by atoms with Crippen molar-refractivity contribution in [1.82, 2.24) is 15.3 Å². The maximum atomic E-state index is 5.79. The lowest BCUT2D eigenvalue weighted by atomic mass is 10.1. The lowest BCUT2D eigenvalue weighted by molar-refractivity contribution is 0.308. The Labute approximate surface area is 146 Å². The van der Waals surface area contributed by atoms with Crippen LogP contribution in [0.4, 0.5) is 17.2 Å².